The Hall–Kier alpha value is 0.310. The van der Waals surface area contributed by atoms with E-state index < -0.39 is 0 Å². The smallest absolute Gasteiger partial charge is 0.0642 e. The molecule has 4 N–H and O–H groups in total. The van der Waals surface area contributed by atoms with E-state index in [1.807, 2.05) is 13.8 Å². The highest BCUT2D eigenvalue weighted by molar-refractivity contribution is 7.37. The van der Waals surface area contributed by atoms with Crippen LogP contribution in [-0.4, -0.2) is 24.8 Å². The van der Waals surface area contributed by atoms with Crippen molar-refractivity contribution < 1.29 is 4.74 Å². The molecule has 0 aliphatic heterocycles. The van der Waals surface area contributed by atoms with Crippen LogP contribution in [0.3, 0.4) is 0 Å². The van der Waals surface area contributed by atoms with Crippen molar-refractivity contribution in [3.63, 3.8) is 0 Å². The molecular formula is C7H19N2OP. The molecule has 11 heavy (non-hydrogen) atoms. The lowest BCUT2D eigenvalue weighted by Crippen LogP contribution is -2.33. The average molecular weight is 178 g/mol. The highest BCUT2D eigenvalue weighted by atomic mass is 31.1. The molecule has 0 aromatic rings. The Morgan fingerprint density at radius 3 is 2.55 bits per heavy atom. The Morgan fingerprint density at radius 1 is 1.45 bits per heavy atom. The quantitative estimate of drug-likeness (QED) is 0.464. The fourth-order valence-corrected chi connectivity index (χ4v) is 0.945. The first-order chi connectivity index (χ1) is 5.06. The minimum absolute atomic E-state index is 0.105. The molecule has 0 saturated heterocycles. The third-order valence-corrected chi connectivity index (χ3v) is 1.94. The van der Waals surface area contributed by atoms with Gasteiger partial charge in [-0.05, 0) is 20.3 Å². The SMILES string of the molecule is CC(C)(N)CCOCPCN. The van der Waals surface area contributed by atoms with Gasteiger partial charge in [-0.15, -0.1) is 0 Å². The van der Waals surface area contributed by atoms with Crippen molar-refractivity contribution in [3.8, 4) is 0 Å². The van der Waals surface area contributed by atoms with Crippen molar-refractivity contribution in [1.82, 2.24) is 0 Å². The maximum atomic E-state index is 5.75. The number of hydrogen-bond donors (Lipinski definition) is 2. The molecule has 0 aromatic carbocycles. The molecule has 0 amide bonds. The highest BCUT2D eigenvalue weighted by Gasteiger charge is 2.08. The lowest BCUT2D eigenvalue weighted by atomic mass is 10.0. The van der Waals surface area contributed by atoms with Crippen molar-refractivity contribution in [2.45, 2.75) is 25.8 Å². The van der Waals surface area contributed by atoms with E-state index in [9.17, 15) is 0 Å². The first-order valence-electron chi connectivity index (χ1n) is 3.83. The van der Waals surface area contributed by atoms with E-state index in [-0.39, 0.29) is 5.54 Å². The van der Waals surface area contributed by atoms with Gasteiger partial charge in [0.25, 0.3) is 0 Å². The zero-order valence-electron chi connectivity index (χ0n) is 7.39. The Balaban J connectivity index is 3.02. The van der Waals surface area contributed by atoms with Gasteiger partial charge in [0.15, 0.2) is 0 Å². The van der Waals surface area contributed by atoms with Crippen LogP contribution in [0.1, 0.15) is 20.3 Å². The first kappa shape index (κ1) is 11.3. The molecule has 0 spiro atoms. The molecule has 3 nitrogen and oxygen atoms in total. The van der Waals surface area contributed by atoms with Crippen LogP contribution in [0.5, 0.6) is 0 Å². The summed E-state index contributed by atoms with van der Waals surface area (Å²) in [7, 11) is 0.723. The van der Waals surface area contributed by atoms with Gasteiger partial charge in [-0.2, -0.15) is 0 Å². The van der Waals surface area contributed by atoms with Crippen LogP contribution < -0.4 is 11.5 Å². The molecule has 4 heteroatoms. The maximum Gasteiger partial charge on any atom is 0.0642 e. The summed E-state index contributed by atoms with van der Waals surface area (Å²) in [5.41, 5.74) is 10.9. The van der Waals surface area contributed by atoms with Gasteiger partial charge in [0, 0.05) is 18.4 Å². The van der Waals surface area contributed by atoms with Gasteiger partial charge in [0.2, 0.25) is 0 Å². The summed E-state index contributed by atoms with van der Waals surface area (Å²) in [6.45, 7) is 4.75. The predicted octanol–water partition coefficient (Wildman–Crippen LogP) is 0.683. The lowest BCUT2D eigenvalue weighted by molar-refractivity contribution is 0.160. The molecule has 1 unspecified atom stereocenters. The standard InChI is InChI=1S/C7H19N2OP/c1-7(2,9)3-4-10-6-11-5-8/h11H,3-6,8-9H2,1-2H3. The normalized spacial score (nSPS) is 13.1. The van der Waals surface area contributed by atoms with Gasteiger partial charge >= 0.3 is 0 Å². The number of nitrogens with two attached hydrogens (primary N) is 2. The molecule has 0 bridgehead atoms. The third-order valence-electron chi connectivity index (χ3n) is 1.24. The number of rotatable bonds is 6. The van der Waals surface area contributed by atoms with E-state index in [4.69, 9.17) is 16.2 Å². The zero-order valence-corrected chi connectivity index (χ0v) is 8.39. The van der Waals surface area contributed by atoms with Crippen LogP contribution in [0.25, 0.3) is 0 Å². The summed E-state index contributed by atoms with van der Waals surface area (Å²) >= 11 is 0. The second-order valence-electron chi connectivity index (χ2n) is 3.25. The topological polar surface area (TPSA) is 61.3 Å². The van der Waals surface area contributed by atoms with Crippen molar-refractivity contribution in [2.24, 2.45) is 11.5 Å². The minimum atomic E-state index is -0.105. The first-order valence-corrected chi connectivity index (χ1v) is 5.25. The van der Waals surface area contributed by atoms with Crippen molar-refractivity contribution >= 4 is 8.58 Å². The molecule has 0 aliphatic rings. The van der Waals surface area contributed by atoms with Gasteiger partial charge in [-0.25, -0.2) is 0 Å². The van der Waals surface area contributed by atoms with E-state index in [1.54, 1.807) is 0 Å². The van der Waals surface area contributed by atoms with Crippen LogP contribution in [0.2, 0.25) is 0 Å². The Kier molecular flexibility index (Phi) is 6.06. The largest absolute Gasteiger partial charge is 0.377 e. The average Bonchev–Trinajstić information content (AvgIpc) is 1.85. The summed E-state index contributed by atoms with van der Waals surface area (Å²) in [4.78, 5) is 0. The van der Waals surface area contributed by atoms with E-state index in [1.165, 1.54) is 0 Å². The van der Waals surface area contributed by atoms with Gasteiger partial charge in [-0.3, -0.25) is 0 Å². The van der Waals surface area contributed by atoms with Gasteiger partial charge in [0.05, 0.1) is 6.35 Å². The van der Waals surface area contributed by atoms with E-state index >= 15 is 0 Å². The highest BCUT2D eigenvalue weighted by Crippen LogP contribution is 2.08. The van der Waals surface area contributed by atoms with Crippen LogP contribution in [0, 0.1) is 0 Å². The number of ether oxygens (including phenoxy) is 1. The Bertz CT molecular complexity index is 92.9. The van der Waals surface area contributed by atoms with Crippen molar-refractivity contribution in [3.05, 3.63) is 0 Å². The Morgan fingerprint density at radius 2 is 2.09 bits per heavy atom. The second kappa shape index (κ2) is 5.90. The minimum Gasteiger partial charge on any atom is -0.377 e. The van der Waals surface area contributed by atoms with Crippen LogP contribution in [-0.2, 0) is 4.74 Å². The van der Waals surface area contributed by atoms with E-state index in [0.717, 1.165) is 34.2 Å². The predicted molar refractivity (Wildman–Crippen MR) is 51.1 cm³/mol. The van der Waals surface area contributed by atoms with Gasteiger partial charge < -0.3 is 16.2 Å². The second-order valence-corrected chi connectivity index (χ2v) is 4.44. The molecule has 0 aliphatic carbocycles. The summed E-state index contributed by atoms with van der Waals surface area (Å²) in [6.07, 6.45) is 2.42. The van der Waals surface area contributed by atoms with Crippen molar-refractivity contribution in [2.75, 3.05) is 19.2 Å². The lowest BCUT2D eigenvalue weighted by Gasteiger charge is -2.17. The van der Waals surface area contributed by atoms with Crippen LogP contribution >= 0.6 is 8.58 Å². The van der Waals surface area contributed by atoms with Gasteiger partial charge in [-0.1, -0.05) is 8.58 Å². The van der Waals surface area contributed by atoms with Gasteiger partial charge in [0.1, 0.15) is 0 Å². The fraction of sp³-hybridized carbons (Fsp3) is 1.00. The van der Waals surface area contributed by atoms with E-state index in [2.05, 4.69) is 0 Å². The summed E-state index contributed by atoms with van der Waals surface area (Å²) in [6, 6.07) is 0. The summed E-state index contributed by atoms with van der Waals surface area (Å²) in [5.74, 6) is 0. The van der Waals surface area contributed by atoms with Crippen LogP contribution in [0.4, 0.5) is 0 Å². The molecular weight excluding hydrogens is 159 g/mol. The molecule has 0 aromatic heterocycles. The molecule has 0 fully saturated rings. The summed E-state index contributed by atoms with van der Waals surface area (Å²) in [5, 5.41) is 0. The molecule has 68 valence electrons. The number of hydrogen-bond acceptors (Lipinski definition) is 3. The van der Waals surface area contributed by atoms with E-state index in [0.29, 0.717) is 0 Å². The fourth-order valence-electron chi connectivity index (χ4n) is 0.538. The molecule has 0 heterocycles. The third kappa shape index (κ3) is 10.3. The molecule has 1 atom stereocenters. The Labute approximate surface area is 70.6 Å². The molecule has 0 saturated carbocycles. The van der Waals surface area contributed by atoms with Crippen LogP contribution in [0.15, 0.2) is 0 Å². The van der Waals surface area contributed by atoms with Crippen molar-refractivity contribution in [1.29, 1.82) is 0 Å². The monoisotopic (exact) mass is 178 g/mol. The summed E-state index contributed by atoms with van der Waals surface area (Å²) < 4.78 is 5.30. The molecule has 0 rings (SSSR count). The maximum absolute atomic E-state index is 5.75. The molecule has 0 radical (unpaired) electrons. The zero-order chi connectivity index (χ0) is 8.74.